The van der Waals surface area contributed by atoms with Gasteiger partial charge in [-0.25, -0.2) is 0 Å². The SMILES string of the molecule is CCCc1ccc(-c2ccc(N(c3ccc(-c4ccc(CCC)cc4)cc3)c3ccc(-c4ccc(N(c5ccc(-c6ccccc6)cc5)c5ccc(-c6ccc(B7OC(C)(C)C(C)(C)O7)cc6)cc5)cc4)c(C)c3)cc2)cc1. The van der Waals surface area contributed by atoms with Crippen LogP contribution >= 0.6 is 0 Å². The zero-order valence-electron chi connectivity index (χ0n) is 46.2. The summed E-state index contributed by atoms with van der Waals surface area (Å²) in [6.07, 6.45) is 4.49. The number of hydrogen-bond donors (Lipinski definition) is 0. The van der Waals surface area contributed by atoms with E-state index < -0.39 is 7.12 Å². The molecule has 0 N–H and O–H groups in total. The van der Waals surface area contributed by atoms with Gasteiger partial charge in [-0.2, -0.15) is 0 Å². The van der Waals surface area contributed by atoms with Crippen molar-refractivity contribution in [3.8, 4) is 55.6 Å². The first-order valence-corrected chi connectivity index (χ1v) is 27.9. The number of benzene rings is 10. The molecule has 5 heteroatoms. The number of rotatable bonds is 16. The molecule has 0 unspecified atom stereocenters. The van der Waals surface area contributed by atoms with Crippen LogP contribution in [-0.4, -0.2) is 18.3 Å². The summed E-state index contributed by atoms with van der Waals surface area (Å²) < 4.78 is 12.7. The van der Waals surface area contributed by atoms with Crippen molar-refractivity contribution in [2.75, 3.05) is 9.80 Å². The summed E-state index contributed by atoms with van der Waals surface area (Å²) in [5, 5.41) is 0. The molecule has 0 bridgehead atoms. The molecule has 386 valence electrons. The summed E-state index contributed by atoms with van der Waals surface area (Å²) in [5.41, 5.74) is 22.6. The molecular weight excluding hydrogens is 948 g/mol. The van der Waals surface area contributed by atoms with Gasteiger partial charge in [0.15, 0.2) is 0 Å². The molecule has 0 atom stereocenters. The molecule has 1 fully saturated rings. The molecule has 0 spiro atoms. The van der Waals surface area contributed by atoms with Crippen LogP contribution in [0.2, 0.25) is 0 Å². The van der Waals surface area contributed by atoms with Gasteiger partial charge in [0.05, 0.1) is 11.2 Å². The van der Waals surface area contributed by atoms with Gasteiger partial charge in [-0.05, 0) is 198 Å². The Labute approximate surface area is 463 Å². The maximum Gasteiger partial charge on any atom is 0.494 e. The molecule has 10 aromatic carbocycles. The second-order valence-corrected chi connectivity index (χ2v) is 21.9. The van der Waals surface area contributed by atoms with E-state index in [1.54, 1.807) is 0 Å². The molecule has 0 radical (unpaired) electrons. The first-order valence-electron chi connectivity index (χ1n) is 27.9. The van der Waals surface area contributed by atoms with Gasteiger partial charge in [0.2, 0.25) is 0 Å². The lowest BCUT2D eigenvalue weighted by Gasteiger charge is -2.32. The van der Waals surface area contributed by atoms with Crippen LogP contribution in [-0.2, 0) is 22.2 Å². The molecule has 1 saturated heterocycles. The van der Waals surface area contributed by atoms with Gasteiger partial charge in [0.1, 0.15) is 0 Å². The third-order valence-corrected chi connectivity index (χ3v) is 15.9. The van der Waals surface area contributed by atoms with Crippen molar-refractivity contribution in [3.63, 3.8) is 0 Å². The third kappa shape index (κ3) is 11.0. The first-order chi connectivity index (χ1) is 37.9. The lowest BCUT2D eigenvalue weighted by Crippen LogP contribution is -2.41. The predicted molar refractivity (Wildman–Crippen MR) is 331 cm³/mol. The molecule has 0 amide bonds. The molecule has 11 rings (SSSR count). The van der Waals surface area contributed by atoms with Crippen LogP contribution in [0.4, 0.5) is 34.1 Å². The Morgan fingerprint density at radius 1 is 0.333 bits per heavy atom. The maximum absolute atomic E-state index is 6.35. The van der Waals surface area contributed by atoms with Gasteiger partial charge in [0, 0.05) is 34.1 Å². The average Bonchev–Trinajstić information content (AvgIpc) is 3.73. The zero-order valence-corrected chi connectivity index (χ0v) is 46.2. The summed E-state index contributed by atoms with van der Waals surface area (Å²) >= 11 is 0. The fraction of sp³-hybridized carbons (Fsp3) is 0.178. The smallest absolute Gasteiger partial charge is 0.399 e. The molecule has 1 aliphatic heterocycles. The van der Waals surface area contributed by atoms with E-state index in [0.29, 0.717) is 0 Å². The summed E-state index contributed by atoms with van der Waals surface area (Å²) in [6.45, 7) is 15.1. The van der Waals surface area contributed by atoms with Crippen LogP contribution in [0.3, 0.4) is 0 Å². The van der Waals surface area contributed by atoms with Crippen molar-refractivity contribution in [3.05, 3.63) is 259 Å². The van der Waals surface area contributed by atoms with Gasteiger partial charge in [-0.1, -0.05) is 197 Å². The van der Waals surface area contributed by atoms with Gasteiger partial charge in [0.25, 0.3) is 0 Å². The molecule has 10 aromatic rings. The van der Waals surface area contributed by atoms with Crippen molar-refractivity contribution in [2.24, 2.45) is 0 Å². The maximum atomic E-state index is 6.35. The van der Waals surface area contributed by atoms with Crippen LogP contribution in [0, 0.1) is 6.92 Å². The molecule has 0 aromatic heterocycles. The van der Waals surface area contributed by atoms with Gasteiger partial charge >= 0.3 is 7.12 Å². The van der Waals surface area contributed by atoms with Gasteiger partial charge in [-0.3, -0.25) is 0 Å². The van der Waals surface area contributed by atoms with Crippen molar-refractivity contribution >= 4 is 46.7 Å². The van der Waals surface area contributed by atoms with E-state index in [9.17, 15) is 0 Å². The lowest BCUT2D eigenvalue weighted by molar-refractivity contribution is 0.00578. The number of hydrogen-bond acceptors (Lipinski definition) is 4. The highest BCUT2D eigenvalue weighted by molar-refractivity contribution is 6.62. The van der Waals surface area contributed by atoms with E-state index >= 15 is 0 Å². The highest BCUT2D eigenvalue weighted by atomic mass is 16.7. The third-order valence-electron chi connectivity index (χ3n) is 15.9. The van der Waals surface area contributed by atoms with Crippen molar-refractivity contribution in [1.29, 1.82) is 0 Å². The quantitative estimate of drug-likeness (QED) is 0.0901. The Hall–Kier alpha value is -8.22. The van der Waals surface area contributed by atoms with Gasteiger partial charge < -0.3 is 19.1 Å². The first kappa shape index (κ1) is 51.9. The van der Waals surface area contributed by atoms with Crippen LogP contribution in [0.1, 0.15) is 71.1 Å². The summed E-state index contributed by atoms with van der Waals surface area (Å²) in [7, 11) is -0.393. The number of nitrogens with zero attached hydrogens (tertiary/aromatic N) is 2. The molecule has 0 aliphatic carbocycles. The van der Waals surface area contributed by atoms with E-state index in [0.717, 1.165) is 82.0 Å². The van der Waals surface area contributed by atoms with Crippen LogP contribution in [0.15, 0.2) is 243 Å². The minimum atomic E-state index is -0.393. The standard InChI is InChI=1S/C73H69BN2O2/c1-8-13-53-17-21-56(22-18-53)60-31-43-68(44-32-60)76(69-45-33-61(34-46-69)57-23-19-54(14-9-2)20-24-57)70-49-50-71(52(3)51-70)63-35-47-67(48-36-63)75(65-39-27-59(28-40-65)55-15-11-10-12-16-55)66-41-29-62(30-42-66)58-25-37-64(38-26-58)74-77-72(4,5)73(6,7)78-74/h10-12,15-51H,8-9,13-14H2,1-7H3. The lowest BCUT2D eigenvalue weighted by atomic mass is 9.78. The van der Waals surface area contributed by atoms with Crippen LogP contribution in [0.5, 0.6) is 0 Å². The average molecular weight is 1020 g/mol. The highest BCUT2D eigenvalue weighted by Crippen LogP contribution is 2.42. The second-order valence-electron chi connectivity index (χ2n) is 21.9. The Morgan fingerprint density at radius 3 is 0.974 bits per heavy atom. The van der Waals surface area contributed by atoms with E-state index in [1.807, 2.05) is 0 Å². The minimum Gasteiger partial charge on any atom is -0.399 e. The van der Waals surface area contributed by atoms with Crippen LogP contribution < -0.4 is 15.3 Å². The van der Waals surface area contributed by atoms with E-state index in [1.165, 1.54) is 55.6 Å². The van der Waals surface area contributed by atoms with Crippen LogP contribution in [0.25, 0.3) is 55.6 Å². The van der Waals surface area contributed by atoms with Crippen molar-refractivity contribution in [2.45, 2.75) is 85.4 Å². The topological polar surface area (TPSA) is 24.9 Å². The largest absolute Gasteiger partial charge is 0.494 e. The zero-order chi connectivity index (χ0) is 53.8. The number of aryl methyl sites for hydroxylation is 3. The second kappa shape index (κ2) is 22.4. The summed E-state index contributed by atoms with van der Waals surface area (Å²) in [4.78, 5) is 4.72. The fourth-order valence-electron chi connectivity index (χ4n) is 10.8. The van der Waals surface area contributed by atoms with E-state index in [-0.39, 0.29) is 11.2 Å². The predicted octanol–water partition coefficient (Wildman–Crippen LogP) is 19.5. The van der Waals surface area contributed by atoms with E-state index in [4.69, 9.17) is 9.31 Å². The minimum absolute atomic E-state index is 0.388. The van der Waals surface area contributed by atoms with Crippen molar-refractivity contribution < 1.29 is 9.31 Å². The molecular formula is C73H69BN2O2. The molecule has 0 saturated carbocycles. The molecule has 4 nitrogen and oxygen atoms in total. The summed E-state index contributed by atoms with van der Waals surface area (Å²) in [5.74, 6) is 0. The molecule has 78 heavy (non-hydrogen) atoms. The normalized spacial score (nSPS) is 13.6. The van der Waals surface area contributed by atoms with E-state index in [2.05, 4.69) is 301 Å². The number of anilines is 6. The Kier molecular flexibility index (Phi) is 14.9. The summed E-state index contributed by atoms with van der Waals surface area (Å²) in [6, 6.07) is 88.9. The molecule has 1 heterocycles. The Morgan fingerprint density at radius 2 is 0.628 bits per heavy atom. The molecule has 1 aliphatic rings. The Bertz CT molecular complexity index is 3480. The van der Waals surface area contributed by atoms with Gasteiger partial charge in [-0.15, -0.1) is 0 Å². The fourth-order valence-corrected chi connectivity index (χ4v) is 10.8. The Balaban J connectivity index is 0.889. The van der Waals surface area contributed by atoms with Crippen molar-refractivity contribution in [1.82, 2.24) is 0 Å². The monoisotopic (exact) mass is 1020 g/mol. The highest BCUT2D eigenvalue weighted by Gasteiger charge is 2.51.